The van der Waals surface area contributed by atoms with Crippen LogP contribution in [0.2, 0.25) is 0 Å². The lowest BCUT2D eigenvalue weighted by Gasteiger charge is -2.22. The van der Waals surface area contributed by atoms with E-state index in [1.807, 2.05) is 53.4 Å². The summed E-state index contributed by atoms with van der Waals surface area (Å²) in [5, 5.41) is 3.18. The Hall–Kier alpha value is -2.07. The number of hydrogen-bond donors (Lipinski definition) is 1. The van der Waals surface area contributed by atoms with Gasteiger partial charge in [0.2, 0.25) is 5.91 Å². The van der Waals surface area contributed by atoms with E-state index in [-0.39, 0.29) is 18.3 Å². The first-order valence-electron chi connectivity index (χ1n) is 7.31. The highest BCUT2D eigenvalue weighted by atomic mass is 35.5. The van der Waals surface area contributed by atoms with E-state index in [1.165, 1.54) is 0 Å². The third-order valence-corrected chi connectivity index (χ3v) is 3.58. The van der Waals surface area contributed by atoms with Crippen molar-refractivity contribution in [1.29, 1.82) is 0 Å². The molecule has 0 atom stereocenters. The first kappa shape index (κ1) is 16.3. The SMILES string of the molecule is Cl.O=C(CNc1ccccc1)N(Cc1ccccn1)C1CC1. The molecule has 1 saturated carbocycles. The number of para-hydroxylation sites is 1. The molecule has 22 heavy (non-hydrogen) atoms. The summed E-state index contributed by atoms with van der Waals surface area (Å²) in [6.07, 6.45) is 3.97. The molecule has 3 rings (SSSR count). The van der Waals surface area contributed by atoms with E-state index >= 15 is 0 Å². The lowest BCUT2D eigenvalue weighted by molar-refractivity contribution is -0.130. The Labute approximate surface area is 137 Å². The molecular formula is C17H20ClN3O. The van der Waals surface area contributed by atoms with Gasteiger partial charge < -0.3 is 10.2 Å². The van der Waals surface area contributed by atoms with Crippen LogP contribution in [0.15, 0.2) is 54.7 Å². The van der Waals surface area contributed by atoms with Gasteiger partial charge in [-0.25, -0.2) is 0 Å². The predicted molar refractivity (Wildman–Crippen MR) is 90.0 cm³/mol. The molecule has 1 N–H and O–H groups in total. The van der Waals surface area contributed by atoms with Crippen molar-refractivity contribution in [2.24, 2.45) is 0 Å². The normalized spacial score (nSPS) is 13.1. The second-order valence-electron chi connectivity index (χ2n) is 5.29. The van der Waals surface area contributed by atoms with Gasteiger partial charge in [0.25, 0.3) is 0 Å². The first-order chi connectivity index (χ1) is 10.3. The van der Waals surface area contributed by atoms with E-state index in [0.717, 1.165) is 24.2 Å². The quantitative estimate of drug-likeness (QED) is 0.890. The van der Waals surface area contributed by atoms with Crippen LogP contribution in [0.1, 0.15) is 18.5 Å². The Bertz CT molecular complexity index is 587. The average Bonchev–Trinajstić information content (AvgIpc) is 3.37. The molecule has 0 bridgehead atoms. The van der Waals surface area contributed by atoms with Gasteiger partial charge in [0, 0.05) is 17.9 Å². The predicted octanol–water partition coefficient (Wildman–Crippen LogP) is 3.11. The Morgan fingerprint density at radius 3 is 2.50 bits per heavy atom. The Kier molecular flexibility index (Phi) is 5.78. The zero-order valence-corrected chi connectivity index (χ0v) is 13.1. The maximum atomic E-state index is 12.4. The van der Waals surface area contributed by atoms with Crippen molar-refractivity contribution in [3.05, 3.63) is 60.4 Å². The molecule has 1 aliphatic carbocycles. The summed E-state index contributed by atoms with van der Waals surface area (Å²) in [7, 11) is 0. The zero-order valence-electron chi connectivity index (χ0n) is 12.3. The fraction of sp³-hybridized carbons (Fsp3) is 0.294. The minimum absolute atomic E-state index is 0. The number of benzene rings is 1. The first-order valence-corrected chi connectivity index (χ1v) is 7.31. The molecule has 1 aliphatic rings. The maximum Gasteiger partial charge on any atom is 0.242 e. The molecule has 116 valence electrons. The monoisotopic (exact) mass is 317 g/mol. The van der Waals surface area contributed by atoms with Crippen LogP contribution in [0.3, 0.4) is 0 Å². The number of carbonyl (C=O) groups is 1. The van der Waals surface area contributed by atoms with Crippen molar-refractivity contribution in [3.63, 3.8) is 0 Å². The molecule has 2 aromatic rings. The summed E-state index contributed by atoms with van der Waals surface area (Å²) >= 11 is 0. The number of carbonyl (C=O) groups excluding carboxylic acids is 1. The molecule has 0 unspecified atom stereocenters. The molecule has 5 heteroatoms. The van der Waals surface area contributed by atoms with Gasteiger partial charge in [-0.2, -0.15) is 0 Å². The van der Waals surface area contributed by atoms with Crippen LogP contribution in [-0.4, -0.2) is 28.4 Å². The van der Waals surface area contributed by atoms with Gasteiger partial charge in [0.15, 0.2) is 0 Å². The van der Waals surface area contributed by atoms with Crippen LogP contribution in [0.4, 0.5) is 5.69 Å². The third kappa shape index (κ3) is 4.46. The molecule has 1 fully saturated rings. The van der Waals surface area contributed by atoms with Gasteiger partial charge in [-0.05, 0) is 37.1 Å². The number of pyridine rings is 1. The van der Waals surface area contributed by atoms with E-state index in [9.17, 15) is 4.79 Å². The van der Waals surface area contributed by atoms with Crippen LogP contribution < -0.4 is 5.32 Å². The van der Waals surface area contributed by atoms with Crippen molar-refractivity contribution in [1.82, 2.24) is 9.88 Å². The summed E-state index contributed by atoms with van der Waals surface area (Å²) in [5.41, 5.74) is 1.91. The van der Waals surface area contributed by atoms with E-state index in [0.29, 0.717) is 19.1 Å². The summed E-state index contributed by atoms with van der Waals surface area (Å²) in [6, 6.07) is 16.0. The van der Waals surface area contributed by atoms with E-state index in [1.54, 1.807) is 6.20 Å². The van der Waals surface area contributed by atoms with Gasteiger partial charge in [-0.15, -0.1) is 12.4 Å². The molecule has 4 nitrogen and oxygen atoms in total. The van der Waals surface area contributed by atoms with Crippen LogP contribution in [0, 0.1) is 0 Å². The number of aromatic nitrogens is 1. The average molecular weight is 318 g/mol. The highest BCUT2D eigenvalue weighted by molar-refractivity contribution is 5.85. The van der Waals surface area contributed by atoms with Crippen LogP contribution in [-0.2, 0) is 11.3 Å². The van der Waals surface area contributed by atoms with E-state index in [4.69, 9.17) is 0 Å². The number of hydrogen-bond acceptors (Lipinski definition) is 3. The molecule has 1 aromatic carbocycles. The summed E-state index contributed by atoms with van der Waals surface area (Å²) in [6.45, 7) is 0.925. The zero-order chi connectivity index (χ0) is 14.5. The van der Waals surface area contributed by atoms with E-state index in [2.05, 4.69) is 10.3 Å². The van der Waals surface area contributed by atoms with Gasteiger partial charge in [0.1, 0.15) is 0 Å². The Balaban J connectivity index is 0.00000176. The molecule has 0 spiro atoms. The standard InChI is InChI=1S/C17H19N3O.ClH/c21-17(12-19-14-6-2-1-3-7-14)20(16-9-10-16)13-15-8-4-5-11-18-15;/h1-8,11,16,19H,9-10,12-13H2;1H. The van der Waals surface area contributed by atoms with Gasteiger partial charge in [-0.3, -0.25) is 9.78 Å². The van der Waals surface area contributed by atoms with E-state index < -0.39 is 0 Å². The number of rotatable bonds is 6. The molecule has 1 amide bonds. The number of anilines is 1. The maximum absolute atomic E-state index is 12.4. The highest BCUT2D eigenvalue weighted by Gasteiger charge is 2.32. The smallest absolute Gasteiger partial charge is 0.242 e. The Morgan fingerprint density at radius 2 is 1.86 bits per heavy atom. The molecular weight excluding hydrogens is 298 g/mol. The van der Waals surface area contributed by atoms with Gasteiger partial charge >= 0.3 is 0 Å². The number of amides is 1. The van der Waals surface area contributed by atoms with Gasteiger partial charge in [0.05, 0.1) is 18.8 Å². The van der Waals surface area contributed by atoms with Crippen molar-refractivity contribution >= 4 is 24.0 Å². The lowest BCUT2D eigenvalue weighted by Crippen LogP contribution is -2.37. The molecule has 0 radical (unpaired) electrons. The summed E-state index contributed by atoms with van der Waals surface area (Å²) in [5.74, 6) is 0.131. The van der Waals surface area contributed by atoms with Crippen LogP contribution in [0.5, 0.6) is 0 Å². The topological polar surface area (TPSA) is 45.2 Å². The fourth-order valence-electron chi connectivity index (χ4n) is 2.31. The molecule has 1 aromatic heterocycles. The second kappa shape index (κ2) is 7.80. The highest BCUT2D eigenvalue weighted by Crippen LogP contribution is 2.28. The van der Waals surface area contributed by atoms with Crippen molar-refractivity contribution in [3.8, 4) is 0 Å². The van der Waals surface area contributed by atoms with Gasteiger partial charge in [-0.1, -0.05) is 24.3 Å². The molecule has 0 aliphatic heterocycles. The second-order valence-corrected chi connectivity index (χ2v) is 5.29. The third-order valence-electron chi connectivity index (χ3n) is 3.58. The number of halogens is 1. The van der Waals surface area contributed by atoms with Crippen LogP contribution in [0.25, 0.3) is 0 Å². The number of nitrogens with one attached hydrogen (secondary N) is 1. The van der Waals surface area contributed by atoms with Crippen molar-refractivity contribution in [2.45, 2.75) is 25.4 Å². The minimum atomic E-state index is 0. The molecule has 1 heterocycles. The van der Waals surface area contributed by atoms with Crippen molar-refractivity contribution < 1.29 is 4.79 Å². The largest absolute Gasteiger partial charge is 0.376 e. The minimum Gasteiger partial charge on any atom is -0.376 e. The summed E-state index contributed by atoms with van der Waals surface area (Å²) < 4.78 is 0. The number of nitrogens with zero attached hydrogens (tertiary/aromatic N) is 2. The lowest BCUT2D eigenvalue weighted by atomic mass is 10.3. The van der Waals surface area contributed by atoms with Crippen LogP contribution >= 0.6 is 12.4 Å². The molecule has 0 saturated heterocycles. The van der Waals surface area contributed by atoms with Crippen molar-refractivity contribution in [2.75, 3.05) is 11.9 Å². The Morgan fingerprint density at radius 1 is 1.14 bits per heavy atom. The summed E-state index contributed by atoms with van der Waals surface area (Å²) in [4.78, 5) is 18.7. The fourth-order valence-corrected chi connectivity index (χ4v) is 2.31.